The first-order chi connectivity index (χ1) is 7.22. The van der Waals surface area contributed by atoms with Gasteiger partial charge in [0.2, 0.25) is 0 Å². The maximum Gasteiger partial charge on any atom is 0.105 e. The molecule has 1 aromatic heterocycles. The van der Waals surface area contributed by atoms with Crippen molar-refractivity contribution < 1.29 is 4.42 Å². The lowest BCUT2D eigenvalue weighted by molar-refractivity contribution is 0.466. The zero-order valence-corrected chi connectivity index (χ0v) is 9.75. The zero-order valence-electron chi connectivity index (χ0n) is 9.75. The normalized spacial score (nSPS) is 13.0. The summed E-state index contributed by atoms with van der Waals surface area (Å²) in [6.07, 6.45) is 2.11. The Labute approximate surface area is 92.0 Å². The zero-order chi connectivity index (χ0) is 11.1. The Bertz CT molecular complexity index is 270. The third kappa shape index (κ3) is 5.00. The van der Waals surface area contributed by atoms with E-state index in [9.17, 15) is 0 Å². The van der Waals surface area contributed by atoms with E-state index >= 15 is 0 Å². The molecule has 15 heavy (non-hydrogen) atoms. The second kappa shape index (κ2) is 6.64. The summed E-state index contributed by atoms with van der Waals surface area (Å²) in [7, 11) is 0. The summed E-state index contributed by atoms with van der Waals surface area (Å²) in [5, 5.41) is 3.39. The highest BCUT2D eigenvalue weighted by molar-refractivity contribution is 5.05. The van der Waals surface area contributed by atoms with Crippen LogP contribution in [-0.2, 0) is 6.42 Å². The largest absolute Gasteiger partial charge is 0.466 e. The third-order valence-corrected chi connectivity index (χ3v) is 2.56. The molecule has 1 atom stereocenters. The topological polar surface area (TPSA) is 51.2 Å². The highest BCUT2D eigenvalue weighted by atomic mass is 16.3. The van der Waals surface area contributed by atoms with Crippen LogP contribution < -0.4 is 11.1 Å². The lowest BCUT2D eigenvalue weighted by atomic mass is 10.1. The average molecular weight is 210 g/mol. The summed E-state index contributed by atoms with van der Waals surface area (Å²) in [5.41, 5.74) is 5.54. The van der Waals surface area contributed by atoms with E-state index < -0.39 is 0 Å². The smallest absolute Gasteiger partial charge is 0.105 e. The van der Waals surface area contributed by atoms with Gasteiger partial charge in [0.15, 0.2) is 0 Å². The molecule has 3 heteroatoms. The maximum atomic E-state index is 5.54. The van der Waals surface area contributed by atoms with Gasteiger partial charge in [-0.3, -0.25) is 0 Å². The fourth-order valence-electron chi connectivity index (χ4n) is 1.42. The number of hydrogen-bond acceptors (Lipinski definition) is 3. The first-order valence-corrected chi connectivity index (χ1v) is 5.68. The minimum atomic E-state index is 0.614. The van der Waals surface area contributed by atoms with Crippen LogP contribution in [-0.4, -0.2) is 19.6 Å². The maximum absolute atomic E-state index is 5.54. The van der Waals surface area contributed by atoms with Gasteiger partial charge in [-0.1, -0.05) is 6.92 Å². The molecule has 86 valence electrons. The van der Waals surface area contributed by atoms with Crippen molar-refractivity contribution in [1.82, 2.24) is 5.32 Å². The second-order valence-corrected chi connectivity index (χ2v) is 4.14. The van der Waals surface area contributed by atoms with Gasteiger partial charge in [-0.25, -0.2) is 0 Å². The third-order valence-electron chi connectivity index (χ3n) is 2.56. The molecule has 0 aliphatic carbocycles. The van der Waals surface area contributed by atoms with Crippen molar-refractivity contribution in [3.05, 3.63) is 23.7 Å². The molecule has 1 heterocycles. The van der Waals surface area contributed by atoms with Crippen molar-refractivity contribution in [2.45, 2.75) is 26.7 Å². The second-order valence-electron chi connectivity index (χ2n) is 4.14. The van der Waals surface area contributed by atoms with E-state index in [1.54, 1.807) is 0 Å². The standard InChI is InChI=1S/C12H22N2O/c1-10(9-13)5-7-14-8-6-12-4-3-11(2)15-12/h3-4,10,14H,5-9,13H2,1-2H3. The highest BCUT2D eigenvalue weighted by Gasteiger charge is 1.99. The molecular weight excluding hydrogens is 188 g/mol. The van der Waals surface area contributed by atoms with Crippen LogP contribution in [0.15, 0.2) is 16.5 Å². The summed E-state index contributed by atoms with van der Waals surface area (Å²) in [6.45, 7) is 6.94. The quantitative estimate of drug-likeness (QED) is 0.674. The van der Waals surface area contributed by atoms with Gasteiger partial charge in [0.1, 0.15) is 11.5 Å². The molecule has 1 rings (SSSR count). The van der Waals surface area contributed by atoms with Crippen molar-refractivity contribution in [2.24, 2.45) is 11.7 Å². The summed E-state index contributed by atoms with van der Waals surface area (Å²) in [4.78, 5) is 0. The molecule has 0 aliphatic rings. The van der Waals surface area contributed by atoms with Crippen LogP contribution in [0, 0.1) is 12.8 Å². The van der Waals surface area contributed by atoms with Crippen molar-refractivity contribution in [1.29, 1.82) is 0 Å². The summed E-state index contributed by atoms with van der Waals surface area (Å²) < 4.78 is 5.47. The van der Waals surface area contributed by atoms with Crippen LogP contribution in [0.1, 0.15) is 24.9 Å². The Morgan fingerprint density at radius 1 is 1.40 bits per heavy atom. The van der Waals surface area contributed by atoms with Crippen LogP contribution in [0.2, 0.25) is 0 Å². The van der Waals surface area contributed by atoms with Gasteiger partial charge in [-0.2, -0.15) is 0 Å². The predicted octanol–water partition coefficient (Wildman–Crippen LogP) is 1.71. The average Bonchev–Trinajstić information content (AvgIpc) is 2.63. The molecule has 3 nitrogen and oxygen atoms in total. The Hall–Kier alpha value is -0.800. The Kier molecular flexibility index (Phi) is 5.43. The molecule has 0 fully saturated rings. The lowest BCUT2D eigenvalue weighted by Gasteiger charge is -2.08. The monoisotopic (exact) mass is 210 g/mol. The van der Waals surface area contributed by atoms with Crippen molar-refractivity contribution >= 4 is 0 Å². The molecule has 0 aromatic carbocycles. The summed E-state index contributed by atoms with van der Waals surface area (Å²) in [5.74, 6) is 2.66. The Morgan fingerprint density at radius 2 is 2.20 bits per heavy atom. The van der Waals surface area contributed by atoms with Gasteiger partial charge in [-0.15, -0.1) is 0 Å². The number of nitrogens with two attached hydrogens (primary N) is 1. The number of hydrogen-bond donors (Lipinski definition) is 2. The lowest BCUT2D eigenvalue weighted by Crippen LogP contribution is -2.22. The molecule has 0 spiro atoms. The predicted molar refractivity (Wildman–Crippen MR) is 62.9 cm³/mol. The molecule has 0 aliphatic heterocycles. The minimum absolute atomic E-state index is 0.614. The molecule has 0 radical (unpaired) electrons. The van der Waals surface area contributed by atoms with E-state index in [1.807, 2.05) is 19.1 Å². The van der Waals surface area contributed by atoms with E-state index in [1.165, 1.54) is 0 Å². The van der Waals surface area contributed by atoms with Gasteiger partial charge < -0.3 is 15.5 Å². The van der Waals surface area contributed by atoms with E-state index in [-0.39, 0.29) is 0 Å². The van der Waals surface area contributed by atoms with Crippen molar-refractivity contribution in [3.8, 4) is 0 Å². The minimum Gasteiger partial charge on any atom is -0.466 e. The molecule has 0 bridgehead atoms. The van der Waals surface area contributed by atoms with Gasteiger partial charge in [0, 0.05) is 13.0 Å². The summed E-state index contributed by atoms with van der Waals surface area (Å²) >= 11 is 0. The number of nitrogens with one attached hydrogen (secondary N) is 1. The SMILES string of the molecule is Cc1ccc(CCNCCC(C)CN)o1. The number of furan rings is 1. The van der Waals surface area contributed by atoms with E-state index in [0.29, 0.717) is 5.92 Å². The van der Waals surface area contributed by atoms with Gasteiger partial charge in [-0.05, 0) is 44.5 Å². The van der Waals surface area contributed by atoms with Crippen molar-refractivity contribution in [2.75, 3.05) is 19.6 Å². The molecule has 0 saturated heterocycles. The molecule has 1 aromatic rings. The fraction of sp³-hybridized carbons (Fsp3) is 0.667. The van der Waals surface area contributed by atoms with Gasteiger partial charge in [0.25, 0.3) is 0 Å². The Morgan fingerprint density at radius 3 is 2.80 bits per heavy atom. The highest BCUT2D eigenvalue weighted by Crippen LogP contribution is 2.06. The van der Waals surface area contributed by atoms with E-state index in [2.05, 4.69) is 12.2 Å². The van der Waals surface area contributed by atoms with E-state index in [4.69, 9.17) is 10.2 Å². The molecule has 3 N–H and O–H groups in total. The number of rotatable bonds is 7. The van der Waals surface area contributed by atoms with Crippen LogP contribution >= 0.6 is 0 Å². The van der Waals surface area contributed by atoms with Crippen LogP contribution in [0.25, 0.3) is 0 Å². The Balaban J connectivity index is 2.02. The van der Waals surface area contributed by atoms with Gasteiger partial charge >= 0.3 is 0 Å². The van der Waals surface area contributed by atoms with E-state index in [0.717, 1.165) is 44.0 Å². The first-order valence-electron chi connectivity index (χ1n) is 5.68. The molecule has 0 saturated carbocycles. The molecular formula is C12H22N2O. The first kappa shape index (κ1) is 12.3. The molecule has 1 unspecified atom stereocenters. The van der Waals surface area contributed by atoms with Crippen molar-refractivity contribution in [3.63, 3.8) is 0 Å². The summed E-state index contributed by atoms with van der Waals surface area (Å²) in [6, 6.07) is 4.05. The molecule has 0 amide bonds. The van der Waals surface area contributed by atoms with Crippen LogP contribution in [0.5, 0.6) is 0 Å². The van der Waals surface area contributed by atoms with Gasteiger partial charge in [0.05, 0.1) is 0 Å². The van der Waals surface area contributed by atoms with Crippen LogP contribution in [0.3, 0.4) is 0 Å². The fourth-order valence-corrected chi connectivity index (χ4v) is 1.42. The number of aryl methyl sites for hydroxylation is 1. The van der Waals surface area contributed by atoms with Crippen LogP contribution in [0.4, 0.5) is 0 Å².